The average Bonchev–Trinajstić information content (AvgIpc) is 2.44. The summed E-state index contributed by atoms with van der Waals surface area (Å²) in [6.45, 7) is -0.787. The maximum Gasteiger partial charge on any atom is 0.194 e. The van der Waals surface area contributed by atoms with Gasteiger partial charge in [0.25, 0.3) is 0 Å². The second-order valence-corrected chi connectivity index (χ2v) is 3.91. The summed E-state index contributed by atoms with van der Waals surface area (Å²) in [5.74, 6) is -0.771. The van der Waals surface area contributed by atoms with Gasteiger partial charge in [0.2, 0.25) is 0 Å². The normalized spacial score (nSPS) is 16.9. The molecule has 0 spiro atoms. The highest BCUT2D eigenvalue weighted by Crippen LogP contribution is 2.11. The Morgan fingerprint density at radius 3 is 2.00 bits per heavy atom. The molecular weight excluding hydrogens is 252 g/mol. The van der Waals surface area contributed by atoms with Crippen molar-refractivity contribution in [1.82, 2.24) is 0 Å². The van der Waals surface area contributed by atoms with Crippen molar-refractivity contribution < 1.29 is 30.3 Å². The number of benzene rings is 1. The van der Waals surface area contributed by atoms with E-state index in [4.69, 9.17) is 10.2 Å². The lowest BCUT2D eigenvalue weighted by Crippen LogP contribution is -2.48. The average molecular weight is 272 g/mol. The van der Waals surface area contributed by atoms with E-state index in [2.05, 4.69) is 0 Å². The smallest absolute Gasteiger partial charge is 0.194 e. The van der Waals surface area contributed by atoms with Crippen molar-refractivity contribution in [2.45, 2.75) is 31.8 Å². The van der Waals surface area contributed by atoms with Gasteiger partial charge in [0.1, 0.15) is 24.4 Å². The van der Waals surface area contributed by atoms with Crippen LogP contribution in [-0.2, 0) is 0 Å². The molecule has 1 rings (SSSR count). The van der Waals surface area contributed by atoms with Crippen molar-refractivity contribution in [2.75, 3.05) is 6.61 Å². The van der Waals surface area contributed by atoms with Crippen molar-refractivity contribution in [2.24, 2.45) is 0 Å². The molecule has 0 aromatic heterocycles. The third-order valence-electron chi connectivity index (χ3n) is 2.58. The van der Waals surface area contributed by atoms with Gasteiger partial charge in [-0.25, -0.2) is 0 Å². The molecule has 6 nitrogen and oxygen atoms in total. The van der Waals surface area contributed by atoms with Crippen molar-refractivity contribution in [3.63, 3.8) is 0 Å². The molecule has 0 aliphatic heterocycles. The van der Waals surface area contributed by atoms with E-state index in [0.717, 1.165) is 0 Å². The van der Waals surface area contributed by atoms with Crippen molar-refractivity contribution in [3.05, 3.63) is 35.9 Å². The molecule has 0 radical (unpaired) electrons. The summed E-state index contributed by atoms with van der Waals surface area (Å²) in [5.41, 5.74) is 0.176. The number of hydrogen-bond acceptors (Lipinski definition) is 6. The van der Waals surface area contributed by atoms with Gasteiger partial charge in [0, 0.05) is 5.56 Å². The lowest BCUT2D eigenvalue weighted by Gasteiger charge is -2.24. The molecule has 0 heterocycles. The molecule has 0 aliphatic rings. The Morgan fingerprint density at radius 2 is 1.53 bits per heavy atom. The number of rotatable bonds is 6. The van der Waals surface area contributed by atoms with E-state index >= 15 is 0 Å². The van der Waals surface area contributed by atoms with E-state index in [1.54, 1.807) is 18.2 Å². The van der Waals surface area contributed by atoms with Gasteiger partial charge in [0.05, 0.1) is 6.61 Å². The van der Waals surface area contributed by atoms with Crippen LogP contribution in [0.25, 0.3) is 0 Å². The Labute approximate surface area is 111 Å². The van der Waals surface area contributed by atoms with Gasteiger partial charge >= 0.3 is 0 Å². The summed E-state index contributed by atoms with van der Waals surface area (Å²) in [5, 5.41) is 46.2. The topological polar surface area (TPSA) is 118 Å². The highest BCUT2D eigenvalue weighted by atomic mass is 16.4. The van der Waals surface area contributed by atoms with Gasteiger partial charge in [-0.15, -0.1) is 0 Å². The molecule has 0 amide bonds. The minimum atomic E-state index is -1.88. The van der Waals surface area contributed by atoms with E-state index in [-0.39, 0.29) is 13.0 Å². The van der Waals surface area contributed by atoms with Crippen LogP contribution in [0.3, 0.4) is 0 Å². The Hall–Kier alpha value is -1.31. The molecule has 19 heavy (non-hydrogen) atoms. The van der Waals surface area contributed by atoms with Crippen molar-refractivity contribution in [3.8, 4) is 0 Å². The van der Waals surface area contributed by atoms with Crippen LogP contribution >= 0.6 is 0 Å². The highest BCUT2D eigenvalue weighted by Gasteiger charge is 2.34. The number of ketones is 1. The van der Waals surface area contributed by atoms with E-state index in [1.165, 1.54) is 12.1 Å². The first-order chi connectivity index (χ1) is 8.49. The van der Waals surface area contributed by atoms with Gasteiger partial charge in [-0.2, -0.15) is 0 Å². The third kappa shape index (κ3) is 4.38. The predicted octanol–water partition coefficient (Wildman–Crippen LogP) is -1.06. The lowest BCUT2D eigenvalue weighted by molar-refractivity contribution is -0.105. The van der Waals surface area contributed by atoms with Crippen LogP contribution in [0.1, 0.15) is 17.8 Å². The first-order valence-corrected chi connectivity index (χ1v) is 5.41. The van der Waals surface area contributed by atoms with Crippen LogP contribution in [0.5, 0.6) is 0 Å². The molecule has 4 unspecified atom stereocenters. The number of carbonyl (C=O) groups excluding carboxylic acids is 1. The van der Waals surface area contributed by atoms with E-state index in [9.17, 15) is 20.1 Å². The zero-order chi connectivity index (χ0) is 13.7. The largest absolute Gasteiger partial charge is 0.394 e. The second-order valence-electron chi connectivity index (χ2n) is 3.91. The number of aliphatic hydroxyl groups is 5. The number of aliphatic hydroxyl groups excluding tert-OH is 5. The number of hydrogen-bond donors (Lipinski definition) is 5. The maximum atomic E-state index is 11.7. The molecule has 4 atom stereocenters. The Kier molecular flexibility index (Phi) is 7.43. The summed E-state index contributed by atoms with van der Waals surface area (Å²) in [6.07, 6.45) is -7.18. The van der Waals surface area contributed by atoms with Gasteiger partial charge < -0.3 is 25.5 Å². The standard InChI is InChI=1S/C12H16O6.CH4/c13-6-8(14)10(16)12(18)11(17)9(15)7-4-2-1-3-5-7;/h1-5,8,10-14,16-18H,6H2;1H4. The minimum Gasteiger partial charge on any atom is -0.394 e. The molecule has 0 bridgehead atoms. The Bertz CT molecular complexity index is 380. The molecule has 1 aromatic rings. The van der Waals surface area contributed by atoms with Crippen LogP contribution in [0.2, 0.25) is 0 Å². The second kappa shape index (κ2) is 7.98. The zero-order valence-corrected chi connectivity index (χ0v) is 9.55. The quantitative estimate of drug-likeness (QED) is 0.421. The van der Waals surface area contributed by atoms with Crippen LogP contribution < -0.4 is 0 Å². The number of Topliss-reactive ketones (excluding diaryl/α,β-unsaturated/α-hetero) is 1. The Morgan fingerprint density at radius 1 is 1.00 bits per heavy atom. The summed E-state index contributed by atoms with van der Waals surface area (Å²) in [4.78, 5) is 11.7. The summed E-state index contributed by atoms with van der Waals surface area (Å²) in [7, 11) is 0. The third-order valence-corrected chi connectivity index (χ3v) is 2.58. The molecule has 0 saturated heterocycles. The molecular formula is C13H20O6. The van der Waals surface area contributed by atoms with Crippen molar-refractivity contribution >= 4 is 5.78 Å². The lowest BCUT2D eigenvalue weighted by atomic mass is 9.97. The van der Waals surface area contributed by atoms with E-state index < -0.39 is 36.8 Å². The first kappa shape index (κ1) is 17.7. The molecule has 0 saturated carbocycles. The van der Waals surface area contributed by atoms with Crippen molar-refractivity contribution in [1.29, 1.82) is 0 Å². The van der Waals surface area contributed by atoms with Gasteiger partial charge in [-0.3, -0.25) is 4.79 Å². The van der Waals surface area contributed by atoms with Gasteiger partial charge in [0.15, 0.2) is 5.78 Å². The first-order valence-electron chi connectivity index (χ1n) is 5.41. The molecule has 1 aromatic carbocycles. The van der Waals surface area contributed by atoms with Gasteiger partial charge in [-0.05, 0) is 0 Å². The van der Waals surface area contributed by atoms with E-state index in [0.29, 0.717) is 0 Å². The monoisotopic (exact) mass is 272 g/mol. The Balaban J connectivity index is 0.00000324. The summed E-state index contributed by atoms with van der Waals surface area (Å²) < 4.78 is 0. The molecule has 5 N–H and O–H groups in total. The van der Waals surface area contributed by atoms with Crippen LogP contribution in [0, 0.1) is 0 Å². The fourth-order valence-corrected chi connectivity index (χ4v) is 1.45. The van der Waals surface area contributed by atoms with E-state index in [1.807, 2.05) is 0 Å². The van der Waals surface area contributed by atoms with Crippen LogP contribution in [0.4, 0.5) is 0 Å². The highest BCUT2D eigenvalue weighted by molar-refractivity contribution is 5.99. The molecule has 6 heteroatoms. The zero-order valence-electron chi connectivity index (χ0n) is 9.55. The molecule has 0 aliphatic carbocycles. The maximum absolute atomic E-state index is 11.7. The number of carbonyl (C=O) groups is 1. The fourth-order valence-electron chi connectivity index (χ4n) is 1.45. The summed E-state index contributed by atoms with van der Waals surface area (Å²) >= 11 is 0. The summed E-state index contributed by atoms with van der Waals surface area (Å²) in [6, 6.07) is 7.76. The molecule has 108 valence electrons. The van der Waals surface area contributed by atoms with Gasteiger partial charge in [-0.1, -0.05) is 37.8 Å². The molecule has 0 fully saturated rings. The fraction of sp³-hybridized carbons (Fsp3) is 0.462. The predicted molar refractivity (Wildman–Crippen MR) is 68.6 cm³/mol. The van der Waals surface area contributed by atoms with Crippen LogP contribution in [-0.4, -0.2) is 62.3 Å². The minimum absolute atomic E-state index is 0. The van der Waals surface area contributed by atoms with Crippen LogP contribution in [0.15, 0.2) is 30.3 Å². The SMILES string of the molecule is C.O=C(c1ccccc1)C(O)C(O)C(O)C(O)CO.